The van der Waals surface area contributed by atoms with Crippen molar-refractivity contribution in [2.75, 3.05) is 13.7 Å². The SMILES string of the molecule is CCNS(=O)(=O)c1cc(CN)ccc1OC. The lowest BCUT2D eigenvalue weighted by Gasteiger charge is -2.10. The van der Waals surface area contributed by atoms with Crippen LogP contribution in [0.1, 0.15) is 12.5 Å². The van der Waals surface area contributed by atoms with Gasteiger partial charge < -0.3 is 10.5 Å². The Bertz CT molecular complexity index is 457. The fourth-order valence-corrected chi connectivity index (χ4v) is 2.58. The maximum atomic E-state index is 11.8. The minimum atomic E-state index is -3.52. The normalized spacial score (nSPS) is 11.4. The third kappa shape index (κ3) is 2.72. The van der Waals surface area contributed by atoms with Gasteiger partial charge in [0, 0.05) is 13.1 Å². The molecule has 0 atom stereocenters. The fraction of sp³-hybridized carbons (Fsp3) is 0.400. The van der Waals surface area contributed by atoms with E-state index in [1.165, 1.54) is 13.2 Å². The van der Waals surface area contributed by atoms with E-state index in [1.54, 1.807) is 19.1 Å². The lowest BCUT2D eigenvalue weighted by molar-refractivity contribution is 0.402. The van der Waals surface area contributed by atoms with Crippen molar-refractivity contribution in [3.05, 3.63) is 23.8 Å². The van der Waals surface area contributed by atoms with Crippen LogP contribution in [0.4, 0.5) is 0 Å². The molecular weight excluding hydrogens is 228 g/mol. The molecule has 0 aliphatic rings. The van der Waals surface area contributed by atoms with Gasteiger partial charge >= 0.3 is 0 Å². The number of hydrogen-bond donors (Lipinski definition) is 2. The van der Waals surface area contributed by atoms with E-state index in [2.05, 4.69) is 4.72 Å². The molecule has 0 radical (unpaired) electrons. The Balaban J connectivity index is 3.29. The molecule has 1 aromatic rings. The second-order valence-electron chi connectivity index (χ2n) is 3.19. The van der Waals surface area contributed by atoms with Crippen molar-refractivity contribution >= 4 is 10.0 Å². The van der Waals surface area contributed by atoms with Gasteiger partial charge in [-0.1, -0.05) is 13.0 Å². The molecule has 0 aliphatic heterocycles. The van der Waals surface area contributed by atoms with E-state index in [1.807, 2.05) is 0 Å². The zero-order valence-corrected chi connectivity index (χ0v) is 10.2. The topological polar surface area (TPSA) is 81.4 Å². The summed E-state index contributed by atoms with van der Waals surface area (Å²) in [4.78, 5) is 0.125. The van der Waals surface area contributed by atoms with Crippen LogP contribution in [-0.4, -0.2) is 22.1 Å². The average molecular weight is 244 g/mol. The molecule has 0 aliphatic carbocycles. The van der Waals surface area contributed by atoms with E-state index in [4.69, 9.17) is 10.5 Å². The molecule has 0 saturated carbocycles. The second kappa shape index (κ2) is 5.29. The van der Waals surface area contributed by atoms with Crippen LogP contribution in [0.25, 0.3) is 0 Å². The summed E-state index contributed by atoms with van der Waals surface area (Å²) in [6.07, 6.45) is 0. The Morgan fingerprint density at radius 3 is 2.62 bits per heavy atom. The van der Waals surface area contributed by atoms with Gasteiger partial charge in [0.25, 0.3) is 0 Å². The largest absolute Gasteiger partial charge is 0.495 e. The van der Waals surface area contributed by atoms with E-state index in [0.717, 1.165) is 5.56 Å². The molecule has 5 nitrogen and oxygen atoms in total. The lowest BCUT2D eigenvalue weighted by atomic mass is 10.2. The van der Waals surface area contributed by atoms with Gasteiger partial charge in [-0.2, -0.15) is 0 Å². The van der Waals surface area contributed by atoms with Crippen LogP contribution in [0.5, 0.6) is 5.75 Å². The standard InChI is InChI=1S/C10H16N2O3S/c1-3-12-16(13,14)10-6-8(7-11)4-5-9(10)15-2/h4-6,12H,3,7,11H2,1-2H3. The molecule has 1 aromatic carbocycles. The van der Waals surface area contributed by atoms with Crippen LogP contribution in [0, 0.1) is 0 Å². The summed E-state index contributed by atoms with van der Waals surface area (Å²) in [5.41, 5.74) is 6.22. The predicted octanol–water partition coefficient (Wildman–Crippen LogP) is 0.452. The van der Waals surface area contributed by atoms with E-state index in [-0.39, 0.29) is 4.90 Å². The first kappa shape index (κ1) is 13.0. The summed E-state index contributed by atoms with van der Waals surface area (Å²) >= 11 is 0. The van der Waals surface area contributed by atoms with Crippen LogP contribution in [0.15, 0.2) is 23.1 Å². The van der Waals surface area contributed by atoms with Crippen molar-refractivity contribution in [3.63, 3.8) is 0 Å². The van der Waals surface area contributed by atoms with E-state index >= 15 is 0 Å². The zero-order chi connectivity index (χ0) is 12.2. The minimum absolute atomic E-state index is 0.125. The monoisotopic (exact) mass is 244 g/mol. The molecule has 90 valence electrons. The number of ether oxygens (including phenoxy) is 1. The average Bonchev–Trinajstić information content (AvgIpc) is 2.28. The summed E-state index contributed by atoms with van der Waals surface area (Å²) in [5.74, 6) is 0.318. The lowest BCUT2D eigenvalue weighted by Crippen LogP contribution is -2.23. The molecule has 0 bridgehead atoms. The maximum Gasteiger partial charge on any atom is 0.244 e. The molecule has 0 amide bonds. The van der Waals surface area contributed by atoms with Crippen molar-refractivity contribution in [1.29, 1.82) is 0 Å². The summed E-state index contributed by atoms with van der Waals surface area (Å²) in [5, 5.41) is 0. The number of benzene rings is 1. The molecule has 6 heteroatoms. The van der Waals surface area contributed by atoms with Gasteiger partial charge in [-0.25, -0.2) is 13.1 Å². The Labute approximate surface area is 95.7 Å². The minimum Gasteiger partial charge on any atom is -0.495 e. The first-order valence-corrected chi connectivity index (χ1v) is 6.40. The zero-order valence-electron chi connectivity index (χ0n) is 9.36. The van der Waals surface area contributed by atoms with E-state index in [0.29, 0.717) is 18.8 Å². The van der Waals surface area contributed by atoms with Crippen LogP contribution in [0.2, 0.25) is 0 Å². The van der Waals surface area contributed by atoms with Crippen molar-refractivity contribution in [3.8, 4) is 5.75 Å². The number of nitrogens with one attached hydrogen (secondary N) is 1. The summed E-state index contributed by atoms with van der Waals surface area (Å²) in [6.45, 7) is 2.34. The Kier molecular flexibility index (Phi) is 4.28. The van der Waals surface area contributed by atoms with Crippen molar-refractivity contribution in [1.82, 2.24) is 4.72 Å². The molecule has 0 fully saturated rings. The van der Waals surface area contributed by atoms with Gasteiger partial charge in [0.2, 0.25) is 10.0 Å². The second-order valence-corrected chi connectivity index (χ2v) is 4.93. The highest BCUT2D eigenvalue weighted by molar-refractivity contribution is 7.89. The van der Waals surface area contributed by atoms with Crippen LogP contribution in [-0.2, 0) is 16.6 Å². The number of hydrogen-bond acceptors (Lipinski definition) is 4. The Morgan fingerprint density at radius 2 is 2.12 bits per heavy atom. The number of nitrogens with two attached hydrogens (primary N) is 1. The first-order valence-electron chi connectivity index (χ1n) is 4.91. The number of rotatable bonds is 5. The van der Waals surface area contributed by atoms with Gasteiger partial charge in [-0.3, -0.25) is 0 Å². The molecule has 3 N–H and O–H groups in total. The van der Waals surface area contributed by atoms with Gasteiger partial charge in [0.05, 0.1) is 7.11 Å². The van der Waals surface area contributed by atoms with Crippen LogP contribution < -0.4 is 15.2 Å². The number of sulfonamides is 1. The molecule has 0 aromatic heterocycles. The highest BCUT2D eigenvalue weighted by Crippen LogP contribution is 2.24. The molecule has 0 heterocycles. The summed E-state index contributed by atoms with van der Waals surface area (Å²) in [7, 11) is -2.08. The Hall–Kier alpha value is -1.11. The van der Waals surface area contributed by atoms with E-state index < -0.39 is 10.0 Å². The van der Waals surface area contributed by atoms with Gasteiger partial charge in [-0.15, -0.1) is 0 Å². The third-order valence-corrected chi connectivity index (χ3v) is 3.65. The molecule has 0 unspecified atom stereocenters. The fourth-order valence-electron chi connectivity index (χ4n) is 1.33. The van der Waals surface area contributed by atoms with Gasteiger partial charge in [0.1, 0.15) is 10.6 Å². The molecule has 1 rings (SSSR count). The van der Waals surface area contributed by atoms with Gasteiger partial charge in [-0.05, 0) is 17.7 Å². The highest BCUT2D eigenvalue weighted by atomic mass is 32.2. The van der Waals surface area contributed by atoms with Crippen LogP contribution in [0.3, 0.4) is 0 Å². The van der Waals surface area contributed by atoms with Gasteiger partial charge in [0.15, 0.2) is 0 Å². The quantitative estimate of drug-likeness (QED) is 0.788. The maximum absolute atomic E-state index is 11.8. The highest BCUT2D eigenvalue weighted by Gasteiger charge is 2.18. The van der Waals surface area contributed by atoms with E-state index in [9.17, 15) is 8.42 Å². The Morgan fingerprint density at radius 1 is 1.44 bits per heavy atom. The summed E-state index contributed by atoms with van der Waals surface area (Å²) < 4.78 is 31.1. The number of methoxy groups -OCH3 is 1. The molecule has 16 heavy (non-hydrogen) atoms. The third-order valence-electron chi connectivity index (χ3n) is 2.09. The van der Waals surface area contributed by atoms with Crippen molar-refractivity contribution < 1.29 is 13.2 Å². The smallest absolute Gasteiger partial charge is 0.244 e. The van der Waals surface area contributed by atoms with Crippen molar-refractivity contribution in [2.24, 2.45) is 5.73 Å². The van der Waals surface area contributed by atoms with Crippen molar-refractivity contribution in [2.45, 2.75) is 18.4 Å². The summed E-state index contributed by atoms with van der Waals surface area (Å²) in [6, 6.07) is 4.87. The first-order chi connectivity index (χ1) is 7.55. The molecule has 0 spiro atoms. The van der Waals surface area contributed by atoms with Crippen LogP contribution >= 0.6 is 0 Å². The molecular formula is C10H16N2O3S. The molecule has 0 saturated heterocycles. The predicted molar refractivity (Wildman–Crippen MR) is 61.7 cm³/mol.